The second kappa shape index (κ2) is 13.7. The molecule has 232 valence electrons. The van der Waals surface area contributed by atoms with Crippen LogP contribution in [0.5, 0.6) is 0 Å². The van der Waals surface area contributed by atoms with Crippen LogP contribution < -0.4 is 10.0 Å². The summed E-state index contributed by atoms with van der Waals surface area (Å²) in [6.07, 6.45) is 0.146. The molecule has 3 rings (SSSR count). The molecule has 0 radical (unpaired) electrons. The van der Waals surface area contributed by atoms with Gasteiger partial charge in [-0.1, -0.05) is 68.8 Å². The van der Waals surface area contributed by atoms with E-state index in [4.69, 9.17) is 11.6 Å². The van der Waals surface area contributed by atoms with E-state index in [1.54, 1.807) is 30.3 Å². The third-order valence-electron chi connectivity index (χ3n) is 6.88. The van der Waals surface area contributed by atoms with E-state index in [1.165, 1.54) is 11.1 Å². The molecule has 2 amide bonds. The van der Waals surface area contributed by atoms with Crippen molar-refractivity contribution in [3.8, 4) is 11.1 Å². The van der Waals surface area contributed by atoms with Crippen LogP contribution in [0.2, 0.25) is 5.15 Å². The summed E-state index contributed by atoms with van der Waals surface area (Å²) in [7, 11) is -3.73. The normalized spacial score (nSPS) is 13.3. The van der Waals surface area contributed by atoms with Crippen LogP contribution in [0, 0.1) is 5.41 Å². The van der Waals surface area contributed by atoms with Crippen LogP contribution in [0.15, 0.2) is 60.8 Å². The summed E-state index contributed by atoms with van der Waals surface area (Å²) in [6, 6.07) is 16.0. The van der Waals surface area contributed by atoms with Gasteiger partial charge in [0, 0.05) is 36.0 Å². The van der Waals surface area contributed by atoms with Crippen LogP contribution in [0.4, 0.5) is 10.5 Å². The topological polar surface area (TPSA) is 149 Å². The lowest BCUT2D eigenvalue weighted by Gasteiger charge is -2.35. The molecule has 0 aliphatic heterocycles. The maximum absolute atomic E-state index is 12.6. The van der Waals surface area contributed by atoms with Crippen molar-refractivity contribution in [1.29, 1.82) is 0 Å². The molecule has 1 aromatic heterocycles. The van der Waals surface area contributed by atoms with E-state index in [9.17, 15) is 28.2 Å². The average molecular weight is 631 g/mol. The van der Waals surface area contributed by atoms with Gasteiger partial charge < -0.3 is 20.4 Å². The number of pyridine rings is 1. The SMILES string of the molecule is CC(C)Nc1cc(-c2ccc(C(CN(C[C@H](O)c3ccc(Cl)nc3)C(=O)O)C(C)(C)C)cc2)ccc1C(=O)NS(C)(=O)=O. The zero-order valence-electron chi connectivity index (χ0n) is 25.1. The van der Waals surface area contributed by atoms with Crippen molar-refractivity contribution in [1.82, 2.24) is 14.6 Å². The molecule has 4 N–H and O–H groups in total. The summed E-state index contributed by atoms with van der Waals surface area (Å²) in [6.45, 7) is 9.97. The predicted molar refractivity (Wildman–Crippen MR) is 169 cm³/mol. The molecule has 0 aliphatic rings. The first kappa shape index (κ1) is 33.8. The molecule has 0 bridgehead atoms. The highest BCUT2D eigenvalue weighted by Gasteiger charge is 2.31. The van der Waals surface area contributed by atoms with Crippen molar-refractivity contribution in [3.05, 3.63) is 82.6 Å². The third kappa shape index (κ3) is 9.67. The standard InChI is InChI=1S/C31H39ClN4O6S/c1-19(2)34-26-15-22(11-13-24(26)29(38)35-43(6,41)42)20-7-9-21(10-8-20)25(31(3,4)5)17-36(30(39)40)18-27(37)23-12-14-28(32)33-16-23/h7-16,19,25,27,34,37H,17-18H2,1-6H3,(H,35,38)(H,39,40)/t25?,27-/m0/s1. The van der Waals surface area contributed by atoms with E-state index in [0.717, 1.165) is 22.9 Å². The number of rotatable bonds is 11. The van der Waals surface area contributed by atoms with Gasteiger partial charge in [-0.3, -0.25) is 4.79 Å². The number of nitrogens with one attached hydrogen (secondary N) is 2. The molecule has 1 heterocycles. The van der Waals surface area contributed by atoms with Gasteiger partial charge in [0.05, 0.1) is 24.5 Å². The number of amides is 2. The first-order chi connectivity index (χ1) is 19.9. The van der Waals surface area contributed by atoms with Gasteiger partial charge in [0.15, 0.2) is 0 Å². The van der Waals surface area contributed by atoms with Crippen molar-refractivity contribution in [2.45, 2.75) is 52.7 Å². The van der Waals surface area contributed by atoms with Gasteiger partial charge >= 0.3 is 6.09 Å². The van der Waals surface area contributed by atoms with E-state index in [1.807, 2.05) is 63.6 Å². The maximum Gasteiger partial charge on any atom is 0.407 e. The summed E-state index contributed by atoms with van der Waals surface area (Å²) in [5.74, 6) is -0.922. The van der Waals surface area contributed by atoms with Crippen LogP contribution in [0.1, 0.15) is 68.1 Å². The number of aromatic nitrogens is 1. The quantitative estimate of drug-likeness (QED) is 0.196. The smallest absolute Gasteiger partial charge is 0.407 e. The number of carbonyl (C=O) groups excluding carboxylic acids is 1. The molecule has 0 fully saturated rings. The lowest BCUT2D eigenvalue weighted by atomic mass is 9.76. The second-order valence-electron chi connectivity index (χ2n) is 11.9. The summed E-state index contributed by atoms with van der Waals surface area (Å²) < 4.78 is 25.3. The molecule has 2 atom stereocenters. The molecular weight excluding hydrogens is 592 g/mol. The number of carboxylic acid groups (broad SMARTS) is 1. The highest BCUT2D eigenvalue weighted by Crippen LogP contribution is 2.37. The van der Waals surface area contributed by atoms with Crippen LogP contribution in [-0.4, -0.2) is 65.9 Å². The van der Waals surface area contributed by atoms with Crippen molar-refractivity contribution in [2.24, 2.45) is 5.41 Å². The minimum Gasteiger partial charge on any atom is -0.465 e. The summed E-state index contributed by atoms with van der Waals surface area (Å²) in [5.41, 5.74) is 3.46. The summed E-state index contributed by atoms with van der Waals surface area (Å²) in [5, 5.41) is 24.2. The first-order valence-electron chi connectivity index (χ1n) is 13.7. The first-order valence-corrected chi connectivity index (χ1v) is 16.0. The molecule has 2 aromatic carbocycles. The number of hydrogen-bond acceptors (Lipinski definition) is 7. The Balaban J connectivity index is 1.89. The Kier molecular flexibility index (Phi) is 10.8. The number of benzene rings is 2. The van der Waals surface area contributed by atoms with Gasteiger partial charge in [0.2, 0.25) is 10.0 Å². The number of sulfonamides is 1. The van der Waals surface area contributed by atoms with Crippen LogP contribution in [0.3, 0.4) is 0 Å². The Morgan fingerprint density at radius 1 is 0.977 bits per heavy atom. The number of halogens is 1. The number of anilines is 1. The molecule has 0 saturated carbocycles. The van der Waals surface area contributed by atoms with Crippen molar-refractivity contribution < 1.29 is 28.2 Å². The van der Waals surface area contributed by atoms with E-state index < -0.39 is 28.1 Å². The van der Waals surface area contributed by atoms with Crippen LogP contribution >= 0.6 is 11.6 Å². The summed E-state index contributed by atoms with van der Waals surface area (Å²) >= 11 is 5.84. The minimum absolute atomic E-state index is 0.0124. The molecule has 0 spiro atoms. The molecule has 1 unspecified atom stereocenters. The van der Waals surface area contributed by atoms with Gasteiger partial charge in [0.1, 0.15) is 5.15 Å². The fraction of sp³-hybridized carbons (Fsp3) is 0.387. The monoisotopic (exact) mass is 630 g/mol. The van der Waals surface area contributed by atoms with Gasteiger partial charge in [-0.2, -0.15) is 0 Å². The Hall–Kier alpha value is -3.67. The van der Waals surface area contributed by atoms with Crippen molar-refractivity contribution >= 4 is 39.3 Å². The maximum atomic E-state index is 12.6. The summed E-state index contributed by atoms with van der Waals surface area (Å²) in [4.78, 5) is 30.0. The van der Waals surface area contributed by atoms with E-state index in [-0.39, 0.29) is 41.2 Å². The highest BCUT2D eigenvalue weighted by atomic mass is 35.5. The fourth-order valence-electron chi connectivity index (χ4n) is 4.71. The predicted octanol–water partition coefficient (Wildman–Crippen LogP) is 5.76. The molecule has 0 aliphatic carbocycles. The Morgan fingerprint density at radius 3 is 2.09 bits per heavy atom. The van der Waals surface area contributed by atoms with E-state index >= 15 is 0 Å². The average Bonchev–Trinajstić information content (AvgIpc) is 2.89. The second-order valence-corrected chi connectivity index (χ2v) is 14.1. The molecular formula is C31H39ClN4O6S. The van der Waals surface area contributed by atoms with Crippen LogP contribution in [-0.2, 0) is 10.0 Å². The Labute approximate surface area is 258 Å². The van der Waals surface area contributed by atoms with E-state index in [0.29, 0.717) is 11.3 Å². The number of carbonyl (C=O) groups is 2. The minimum atomic E-state index is -3.73. The van der Waals surface area contributed by atoms with Gasteiger partial charge in [-0.25, -0.2) is 22.9 Å². The molecule has 12 heteroatoms. The molecule has 10 nitrogen and oxygen atoms in total. The molecule has 43 heavy (non-hydrogen) atoms. The fourth-order valence-corrected chi connectivity index (χ4v) is 5.27. The lowest BCUT2D eigenvalue weighted by Crippen LogP contribution is -2.40. The number of aliphatic hydroxyl groups excluding tert-OH is 1. The Bertz CT molecular complexity index is 1540. The van der Waals surface area contributed by atoms with Crippen molar-refractivity contribution in [3.63, 3.8) is 0 Å². The number of hydrogen-bond donors (Lipinski definition) is 4. The molecule has 3 aromatic rings. The largest absolute Gasteiger partial charge is 0.465 e. The zero-order valence-corrected chi connectivity index (χ0v) is 26.7. The number of nitrogens with zero attached hydrogens (tertiary/aromatic N) is 2. The van der Waals surface area contributed by atoms with E-state index in [2.05, 4.69) is 10.3 Å². The molecule has 0 saturated heterocycles. The van der Waals surface area contributed by atoms with Gasteiger partial charge in [-0.15, -0.1) is 0 Å². The highest BCUT2D eigenvalue weighted by molar-refractivity contribution is 7.89. The van der Waals surface area contributed by atoms with Crippen LogP contribution in [0.25, 0.3) is 11.1 Å². The van der Waals surface area contributed by atoms with Crippen molar-refractivity contribution in [2.75, 3.05) is 24.7 Å². The Morgan fingerprint density at radius 2 is 1.58 bits per heavy atom. The zero-order chi connectivity index (χ0) is 32.1. The van der Waals surface area contributed by atoms with Gasteiger partial charge in [-0.05, 0) is 54.2 Å². The lowest BCUT2D eigenvalue weighted by molar-refractivity contribution is 0.0859. The third-order valence-corrected chi connectivity index (χ3v) is 7.66. The van der Waals surface area contributed by atoms with Gasteiger partial charge in [0.25, 0.3) is 5.91 Å². The number of aliphatic hydroxyl groups is 1.